The van der Waals surface area contributed by atoms with Gasteiger partial charge >= 0.3 is 5.97 Å². The summed E-state index contributed by atoms with van der Waals surface area (Å²) < 4.78 is 1.11. The Hall–Kier alpha value is -0.870. The van der Waals surface area contributed by atoms with Crippen LogP contribution in [0.4, 0.5) is 0 Å². The van der Waals surface area contributed by atoms with E-state index < -0.39 is 5.97 Å². The minimum Gasteiger partial charge on any atom is -0.480 e. The first-order valence-corrected chi connectivity index (χ1v) is 6.15. The highest BCUT2D eigenvalue weighted by Crippen LogP contribution is 2.24. The van der Waals surface area contributed by atoms with Crippen molar-refractivity contribution in [2.75, 3.05) is 6.54 Å². The first-order chi connectivity index (χ1) is 7.66. The molecular formula is C12H14BrNO2. The average molecular weight is 284 g/mol. The molecule has 1 aromatic rings. The van der Waals surface area contributed by atoms with Gasteiger partial charge in [0.05, 0.1) is 0 Å². The SMILES string of the molecule is O=C(O)[C@@H]1CC(Cc2ccccc2Br)CN1. The fraction of sp³-hybridized carbons (Fsp3) is 0.417. The molecule has 0 aliphatic carbocycles. The molecule has 0 aromatic heterocycles. The second-order valence-corrected chi connectivity index (χ2v) is 5.05. The maximum Gasteiger partial charge on any atom is 0.320 e. The van der Waals surface area contributed by atoms with Crippen LogP contribution in [0.15, 0.2) is 28.7 Å². The summed E-state index contributed by atoms with van der Waals surface area (Å²) in [5.74, 6) is -0.325. The molecule has 86 valence electrons. The summed E-state index contributed by atoms with van der Waals surface area (Å²) in [6, 6.07) is 7.73. The van der Waals surface area contributed by atoms with E-state index >= 15 is 0 Å². The van der Waals surface area contributed by atoms with Gasteiger partial charge in [0.1, 0.15) is 6.04 Å². The predicted molar refractivity (Wildman–Crippen MR) is 65.4 cm³/mol. The third-order valence-corrected chi connectivity index (χ3v) is 3.76. The summed E-state index contributed by atoms with van der Waals surface area (Å²) in [7, 11) is 0. The number of benzene rings is 1. The lowest BCUT2D eigenvalue weighted by Crippen LogP contribution is -2.29. The van der Waals surface area contributed by atoms with Gasteiger partial charge in [0.2, 0.25) is 0 Å². The predicted octanol–water partition coefficient (Wildman–Crippen LogP) is 2.05. The van der Waals surface area contributed by atoms with E-state index in [1.165, 1.54) is 5.56 Å². The topological polar surface area (TPSA) is 49.3 Å². The van der Waals surface area contributed by atoms with Gasteiger partial charge in [-0.2, -0.15) is 0 Å². The first-order valence-electron chi connectivity index (χ1n) is 5.36. The van der Waals surface area contributed by atoms with Crippen molar-refractivity contribution < 1.29 is 9.90 Å². The minimum absolute atomic E-state index is 0.368. The molecule has 0 amide bonds. The van der Waals surface area contributed by atoms with Crippen LogP contribution in [0, 0.1) is 5.92 Å². The molecule has 0 spiro atoms. The van der Waals surface area contributed by atoms with Crippen LogP contribution in [0.3, 0.4) is 0 Å². The summed E-state index contributed by atoms with van der Waals surface area (Å²) in [5.41, 5.74) is 1.25. The maximum absolute atomic E-state index is 10.8. The molecule has 0 saturated carbocycles. The summed E-state index contributed by atoms with van der Waals surface area (Å²) >= 11 is 3.51. The van der Waals surface area contributed by atoms with Gasteiger partial charge in [0, 0.05) is 4.47 Å². The Morgan fingerprint density at radius 2 is 2.25 bits per heavy atom. The number of carbonyl (C=O) groups is 1. The zero-order valence-corrected chi connectivity index (χ0v) is 10.4. The highest BCUT2D eigenvalue weighted by Gasteiger charge is 2.29. The van der Waals surface area contributed by atoms with Gasteiger partial charge in [-0.3, -0.25) is 4.79 Å². The highest BCUT2D eigenvalue weighted by atomic mass is 79.9. The van der Waals surface area contributed by atoms with E-state index in [4.69, 9.17) is 5.11 Å². The van der Waals surface area contributed by atoms with Crippen LogP contribution in [0.2, 0.25) is 0 Å². The average Bonchev–Trinajstić information content (AvgIpc) is 2.70. The van der Waals surface area contributed by atoms with E-state index in [-0.39, 0.29) is 6.04 Å². The number of halogens is 1. The van der Waals surface area contributed by atoms with Gasteiger partial charge in [-0.15, -0.1) is 0 Å². The fourth-order valence-corrected chi connectivity index (χ4v) is 2.57. The third kappa shape index (κ3) is 2.62. The van der Waals surface area contributed by atoms with Crippen molar-refractivity contribution >= 4 is 21.9 Å². The Bertz CT molecular complexity index is 394. The van der Waals surface area contributed by atoms with E-state index in [9.17, 15) is 4.79 Å². The van der Waals surface area contributed by atoms with Crippen LogP contribution >= 0.6 is 15.9 Å². The molecule has 1 aliphatic rings. The lowest BCUT2D eigenvalue weighted by molar-refractivity contribution is -0.139. The smallest absolute Gasteiger partial charge is 0.320 e. The van der Waals surface area contributed by atoms with Crippen molar-refractivity contribution in [3.8, 4) is 0 Å². The lowest BCUT2D eigenvalue weighted by Gasteiger charge is -2.09. The van der Waals surface area contributed by atoms with Gasteiger partial charge < -0.3 is 10.4 Å². The number of carboxylic acids is 1. The van der Waals surface area contributed by atoms with E-state index in [0.29, 0.717) is 5.92 Å². The van der Waals surface area contributed by atoms with Crippen LogP contribution in [-0.2, 0) is 11.2 Å². The Kier molecular flexibility index (Phi) is 3.61. The summed E-state index contributed by atoms with van der Waals surface area (Å²) in [6.45, 7) is 0.790. The normalized spacial score (nSPS) is 24.6. The molecule has 1 unspecified atom stereocenters. The van der Waals surface area contributed by atoms with E-state index in [0.717, 1.165) is 23.9 Å². The van der Waals surface area contributed by atoms with Crippen molar-refractivity contribution in [2.24, 2.45) is 5.92 Å². The number of nitrogens with one attached hydrogen (secondary N) is 1. The zero-order chi connectivity index (χ0) is 11.5. The second kappa shape index (κ2) is 4.97. The van der Waals surface area contributed by atoms with E-state index in [1.807, 2.05) is 18.2 Å². The summed E-state index contributed by atoms with van der Waals surface area (Å²) in [5, 5.41) is 11.9. The number of carboxylic acid groups (broad SMARTS) is 1. The molecule has 2 rings (SSSR count). The molecular weight excluding hydrogens is 270 g/mol. The summed E-state index contributed by atoms with van der Waals surface area (Å²) in [6.07, 6.45) is 1.65. The van der Waals surface area contributed by atoms with Crippen molar-refractivity contribution in [3.05, 3.63) is 34.3 Å². The third-order valence-electron chi connectivity index (χ3n) is 2.99. The van der Waals surface area contributed by atoms with Crippen molar-refractivity contribution in [1.29, 1.82) is 0 Å². The number of aliphatic carboxylic acids is 1. The second-order valence-electron chi connectivity index (χ2n) is 4.20. The fourth-order valence-electron chi connectivity index (χ4n) is 2.13. The van der Waals surface area contributed by atoms with Crippen LogP contribution < -0.4 is 5.32 Å². The Labute approximate surface area is 103 Å². The number of hydrogen-bond donors (Lipinski definition) is 2. The van der Waals surface area contributed by atoms with Crippen LogP contribution in [0.1, 0.15) is 12.0 Å². The van der Waals surface area contributed by atoms with Gasteiger partial charge in [0.15, 0.2) is 0 Å². The molecule has 0 bridgehead atoms. The molecule has 3 nitrogen and oxygen atoms in total. The Morgan fingerprint density at radius 1 is 1.50 bits per heavy atom. The van der Waals surface area contributed by atoms with Crippen molar-refractivity contribution in [1.82, 2.24) is 5.32 Å². The molecule has 1 heterocycles. The zero-order valence-electron chi connectivity index (χ0n) is 8.82. The van der Waals surface area contributed by atoms with Gasteiger partial charge in [-0.1, -0.05) is 34.1 Å². The van der Waals surface area contributed by atoms with Gasteiger partial charge in [-0.05, 0) is 36.9 Å². The number of hydrogen-bond acceptors (Lipinski definition) is 2. The lowest BCUT2D eigenvalue weighted by atomic mass is 9.97. The van der Waals surface area contributed by atoms with Crippen molar-refractivity contribution in [3.63, 3.8) is 0 Å². The van der Waals surface area contributed by atoms with Crippen molar-refractivity contribution in [2.45, 2.75) is 18.9 Å². The molecule has 1 aromatic carbocycles. The minimum atomic E-state index is -0.741. The van der Waals surface area contributed by atoms with Crippen LogP contribution in [0.5, 0.6) is 0 Å². The maximum atomic E-state index is 10.8. The highest BCUT2D eigenvalue weighted by molar-refractivity contribution is 9.10. The quantitative estimate of drug-likeness (QED) is 0.893. The Morgan fingerprint density at radius 3 is 2.88 bits per heavy atom. The summed E-state index contributed by atoms with van der Waals surface area (Å²) in [4.78, 5) is 10.8. The first kappa shape index (κ1) is 11.6. The monoisotopic (exact) mass is 283 g/mol. The molecule has 16 heavy (non-hydrogen) atoms. The Balaban J connectivity index is 1.97. The molecule has 1 aliphatic heterocycles. The van der Waals surface area contributed by atoms with Crippen LogP contribution in [0.25, 0.3) is 0 Å². The van der Waals surface area contributed by atoms with Gasteiger partial charge in [-0.25, -0.2) is 0 Å². The largest absolute Gasteiger partial charge is 0.480 e. The molecule has 1 saturated heterocycles. The van der Waals surface area contributed by atoms with E-state index in [2.05, 4.69) is 27.3 Å². The van der Waals surface area contributed by atoms with E-state index in [1.54, 1.807) is 0 Å². The molecule has 2 N–H and O–H groups in total. The van der Waals surface area contributed by atoms with Crippen LogP contribution in [-0.4, -0.2) is 23.7 Å². The number of rotatable bonds is 3. The molecule has 1 fully saturated rings. The van der Waals surface area contributed by atoms with Gasteiger partial charge in [0.25, 0.3) is 0 Å². The molecule has 2 atom stereocenters. The standard InChI is InChI=1S/C12H14BrNO2/c13-10-4-2-1-3-9(10)5-8-6-11(12(15)16)14-7-8/h1-4,8,11,14H,5-7H2,(H,15,16)/t8?,11-/m0/s1. The molecule has 4 heteroatoms. The molecule has 0 radical (unpaired) electrons.